The lowest BCUT2D eigenvalue weighted by Crippen LogP contribution is -2.14. The van der Waals surface area contributed by atoms with E-state index >= 15 is 0 Å². The lowest BCUT2D eigenvalue weighted by Gasteiger charge is -2.08. The average Bonchev–Trinajstić information content (AvgIpc) is 3.46. The smallest absolute Gasteiger partial charge is 0.274 e. The molecule has 0 aliphatic rings. The van der Waals surface area contributed by atoms with Crippen molar-refractivity contribution in [2.75, 3.05) is 19.5 Å². The molecule has 11 heteroatoms. The highest BCUT2D eigenvalue weighted by Gasteiger charge is 2.16. The number of methoxy groups -OCH3 is 2. The van der Waals surface area contributed by atoms with Crippen molar-refractivity contribution in [1.82, 2.24) is 34.9 Å². The number of hydrogen-bond donors (Lipinski definition) is 2. The molecule has 1 aromatic carbocycles. The number of H-pyrrole nitrogens is 1. The molecule has 0 aliphatic heterocycles. The van der Waals surface area contributed by atoms with E-state index in [2.05, 4.69) is 35.6 Å². The van der Waals surface area contributed by atoms with Crippen LogP contribution in [0.1, 0.15) is 10.5 Å². The number of aromatic amines is 1. The standard InChI is InChI=1S/C18H16N8O3/c1-28-11-3-4-15(29-2)12(5-11)13-6-14(25-24-13)18(27)23-16-7-17(21-9-20-16)26-10-19-8-22-26/h3-10H,1-2H3,(H,24,25)(H,20,21,23,27). The number of carbonyl (C=O) groups excluding carboxylic acids is 1. The van der Waals surface area contributed by atoms with E-state index in [9.17, 15) is 4.79 Å². The number of rotatable bonds is 6. The molecule has 2 N–H and O–H groups in total. The number of aromatic nitrogens is 7. The molecule has 29 heavy (non-hydrogen) atoms. The summed E-state index contributed by atoms with van der Waals surface area (Å²) in [5.41, 5.74) is 1.49. The first-order chi connectivity index (χ1) is 14.2. The molecule has 1 amide bonds. The topological polar surface area (TPSA) is 133 Å². The highest BCUT2D eigenvalue weighted by Crippen LogP contribution is 2.32. The molecule has 4 rings (SSSR count). The summed E-state index contributed by atoms with van der Waals surface area (Å²) in [4.78, 5) is 24.6. The summed E-state index contributed by atoms with van der Waals surface area (Å²) in [6, 6.07) is 8.53. The first-order valence-electron chi connectivity index (χ1n) is 8.44. The Morgan fingerprint density at radius 1 is 1.10 bits per heavy atom. The van der Waals surface area contributed by atoms with Gasteiger partial charge in [-0.2, -0.15) is 10.2 Å². The fourth-order valence-electron chi connectivity index (χ4n) is 2.64. The van der Waals surface area contributed by atoms with E-state index in [-0.39, 0.29) is 5.69 Å². The molecule has 0 unspecified atom stereocenters. The number of ether oxygens (including phenoxy) is 2. The molecule has 3 aromatic heterocycles. The van der Waals surface area contributed by atoms with Gasteiger partial charge in [-0.25, -0.2) is 19.6 Å². The summed E-state index contributed by atoms with van der Waals surface area (Å²) in [5.74, 6) is 1.63. The first kappa shape index (κ1) is 18.1. The summed E-state index contributed by atoms with van der Waals surface area (Å²) >= 11 is 0. The quantitative estimate of drug-likeness (QED) is 0.507. The summed E-state index contributed by atoms with van der Waals surface area (Å²) in [6.45, 7) is 0. The zero-order chi connectivity index (χ0) is 20.2. The van der Waals surface area contributed by atoms with E-state index in [1.807, 2.05) is 0 Å². The minimum absolute atomic E-state index is 0.255. The van der Waals surface area contributed by atoms with Gasteiger partial charge in [0.2, 0.25) is 0 Å². The van der Waals surface area contributed by atoms with E-state index in [1.54, 1.807) is 44.6 Å². The zero-order valence-electron chi connectivity index (χ0n) is 15.5. The molecule has 0 spiro atoms. The van der Waals surface area contributed by atoms with Crippen molar-refractivity contribution in [3.63, 3.8) is 0 Å². The van der Waals surface area contributed by atoms with Gasteiger partial charge in [0.25, 0.3) is 5.91 Å². The Bertz CT molecular complexity index is 1140. The van der Waals surface area contributed by atoms with Gasteiger partial charge in [0, 0.05) is 11.6 Å². The highest BCUT2D eigenvalue weighted by atomic mass is 16.5. The third-order valence-electron chi connectivity index (χ3n) is 4.05. The molecule has 0 radical (unpaired) electrons. The van der Waals surface area contributed by atoms with Gasteiger partial charge in [-0.1, -0.05) is 0 Å². The molecule has 4 aromatic rings. The molecule has 11 nitrogen and oxygen atoms in total. The van der Waals surface area contributed by atoms with Crippen LogP contribution in [0.5, 0.6) is 11.5 Å². The Morgan fingerprint density at radius 2 is 2.00 bits per heavy atom. The number of amides is 1. The maximum absolute atomic E-state index is 12.6. The Kier molecular flexibility index (Phi) is 4.84. The van der Waals surface area contributed by atoms with Gasteiger partial charge in [0.15, 0.2) is 5.82 Å². The molecule has 3 heterocycles. The van der Waals surface area contributed by atoms with Crippen molar-refractivity contribution in [3.05, 3.63) is 55.0 Å². The van der Waals surface area contributed by atoms with Gasteiger partial charge in [0.1, 0.15) is 42.0 Å². The molecule has 0 atom stereocenters. The van der Waals surface area contributed by atoms with Crippen molar-refractivity contribution in [2.45, 2.75) is 0 Å². The summed E-state index contributed by atoms with van der Waals surface area (Å²) < 4.78 is 12.1. The van der Waals surface area contributed by atoms with Gasteiger partial charge in [-0.3, -0.25) is 9.89 Å². The van der Waals surface area contributed by atoms with Gasteiger partial charge in [-0.15, -0.1) is 0 Å². The Morgan fingerprint density at radius 3 is 2.76 bits per heavy atom. The first-order valence-corrected chi connectivity index (χ1v) is 8.44. The molecule has 0 saturated carbocycles. The SMILES string of the molecule is COc1ccc(OC)c(-c2cc(C(=O)Nc3cc(-n4cncn4)ncn3)[nH]n2)c1. The maximum Gasteiger partial charge on any atom is 0.274 e. The van der Waals surface area contributed by atoms with Crippen LogP contribution in [0.15, 0.2) is 49.3 Å². The summed E-state index contributed by atoms with van der Waals surface area (Å²) in [7, 11) is 3.14. The van der Waals surface area contributed by atoms with E-state index in [0.717, 1.165) is 0 Å². The van der Waals surface area contributed by atoms with E-state index in [0.29, 0.717) is 34.4 Å². The second kappa shape index (κ2) is 7.76. The fourth-order valence-corrected chi connectivity index (χ4v) is 2.64. The number of nitrogens with zero attached hydrogens (tertiary/aromatic N) is 6. The van der Waals surface area contributed by atoms with Crippen LogP contribution in [0, 0.1) is 0 Å². The third kappa shape index (κ3) is 3.74. The second-order valence-corrected chi connectivity index (χ2v) is 5.79. The molecule has 146 valence electrons. The van der Waals surface area contributed by atoms with Crippen LogP contribution in [0.25, 0.3) is 17.1 Å². The zero-order valence-corrected chi connectivity index (χ0v) is 15.5. The summed E-state index contributed by atoms with van der Waals surface area (Å²) in [6.07, 6.45) is 4.21. The molecular formula is C18H16N8O3. The Labute approximate surface area is 164 Å². The van der Waals surface area contributed by atoms with Gasteiger partial charge in [0.05, 0.1) is 19.9 Å². The van der Waals surface area contributed by atoms with Crippen LogP contribution in [-0.4, -0.2) is 55.1 Å². The largest absolute Gasteiger partial charge is 0.497 e. The van der Waals surface area contributed by atoms with Crippen LogP contribution in [0.3, 0.4) is 0 Å². The van der Waals surface area contributed by atoms with Crippen LogP contribution in [-0.2, 0) is 0 Å². The molecule has 0 bridgehead atoms. The van der Waals surface area contributed by atoms with Crippen molar-refractivity contribution < 1.29 is 14.3 Å². The maximum atomic E-state index is 12.6. The lowest BCUT2D eigenvalue weighted by atomic mass is 10.1. The van der Waals surface area contributed by atoms with Gasteiger partial charge >= 0.3 is 0 Å². The van der Waals surface area contributed by atoms with E-state index in [1.165, 1.54) is 23.7 Å². The fraction of sp³-hybridized carbons (Fsp3) is 0.111. The van der Waals surface area contributed by atoms with Gasteiger partial charge in [-0.05, 0) is 24.3 Å². The van der Waals surface area contributed by atoms with Crippen LogP contribution >= 0.6 is 0 Å². The van der Waals surface area contributed by atoms with E-state index < -0.39 is 5.91 Å². The lowest BCUT2D eigenvalue weighted by molar-refractivity contribution is 0.102. The highest BCUT2D eigenvalue weighted by molar-refractivity contribution is 6.03. The molecular weight excluding hydrogens is 376 g/mol. The molecule has 0 aliphatic carbocycles. The third-order valence-corrected chi connectivity index (χ3v) is 4.05. The predicted octanol–water partition coefficient (Wildman–Crippen LogP) is 1.72. The number of anilines is 1. The van der Waals surface area contributed by atoms with Crippen molar-refractivity contribution in [1.29, 1.82) is 0 Å². The van der Waals surface area contributed by atoms with Crippen molar-refractivity contribution in [2.24, 2.45) is 0 Å². The van der Waals surface area contributed by atoms with Crippen LogP contribution < -0.4 is 14.8 Å². The average molecular weight is 392 g/mol. The second-order valence-electron chi connectivity index (χ2n) is 5.79. The Hall–Kier alpha value is -4.28. The minimum Gasteiger partial charge on any atom is -0.497 e. The monoisotopic (exact) mass is 392 g/mol. The summed E-state index contributed by atoms with van der Waals surface area (Å²) in [5, 5.41) is 13.6. The normalized spacial score (nSPS) is 10.6. The van der Waals surface area contributed by atoms with Crippen molar-refractivity contribution in [3.8, 4) is 28.6 Å². The van der Waals surface area contributed by atoms with Crippen LogP contribution in [0.4, 0.5) is 5.82 Å². The van der Waals surface area contributed by atoms with Crippen molar-refractivity contribution >= 4 is 11.7 Å². The predicted molar refractivity (Wildman–Crippen MR) is 102 cm³/mol. The number of carbonyl (C=O) groups is 1. The van der Waals surface area contributed by atoms with Crippen LogP contribution in [0.2, 0.25) is 0 Å². The van der Waals surface area contributed by atoms with E-state index in [4.69, 9.17) is 9.47 Å². The Balaban J connectivity index is 1.56. The minimum atomic E-state index is -0.408. The van der Waals surface area contributed by atoms with Gasteiger partial charge < -0.3 is 14.8 Å². The molecule has 0 saturated heterocycles. The number of benzene rings is 1. The number of hydrogen-bond acceptors (Lipinski definition) is 8. The number of nitrogens with one attached hydrogen (secondary N) is 2. The molecule has 0 fully saturated rings.